The van der Waals surface area contributed by atoms with E-state index in [1.54, 1.807) is 43.0 Å². The topological polar surface area (TPSA) is 148 Å². The minimum Gasteiger partial charge on any atom is -0.492 e. The van der Waals surface area contributed by atoms with Crippen LogP contribution in [0.1, 0.15) is 56.7 Å². The summed E-state index contributed by atoms with van der Waals surface area (Å²) in [6.07, 6.45) is 4.80. The zero-order valence-electron chi connectivity index (χ0n) is 29.4. The zero-order valence-corrected chi connectivity index (χ0v) is 30.2. The highest BCUT2D eigenvalue weighted by molar-refractivity contribution is 7.93. The molecule has 2 saturated heterocycles. The second-order valence-corrected chi connectivity index (χ2v) is 14.6. The molecule has 13 nitrogen and oxygen atoms in total. The number of piperazine rings is 1. The molecule has 3 amide bonds. The number of aromatic nitrogens is 1. The molecule has 6 rings (SSSR count). The fourth-order valence-electron chi connectivity index (χ4n) is 7.47. The van der Waals surface area contributed by atoms with Crippen LogP contribution in [0, 0.1) is 11.3 Å². The first-order chi connectivity index (χ1) is 24.7. The number of piperidine rings is 1. The molecule has 4 heterocycles. The lowest BCUT2D eigenvalue weighted by Gasteiger charge is -2.43. The Morgan fingerprint density at radius 2 is 1.69 bits per heavy atom. The molecule has 2 fully saturated rings. The van der Waals surface area contributed by atoms with Gasteiger partial charge in [-0.2, -0.15) is 9.57 Å². The largest absolute Gasteiger partial charge is 0.492 e. The second-order valence-electron chi connectivity index (χ2n) is 12.9. The van der Waals surface area contributed by atoms with E-state index < -0.39 is 27.5 Å². The van der Waals surface area contributed by atoms with Crippen LogP contribution in [0.15, 0.2) is 65.7 Å². The number of benzene rings is 2. The third-order valence-corrected chi connectivity index (χ3v) is 11.6. The molecule has 3 aliphatic heterocycles. The standard InChI is InChI=1S/C37H45N7O6S/c1-4-18-41-19-15-28(16-20-41)42-21-23-43(24-22-42)36(46)40-37(29-10-9-17-39-34(29)50-6-3)30-25-27(26-38)13-14-31(30)44(35(37)45)51(47,48)33-12-8-7-11-32(33)49-5-2/h7-14,17,25,28H,4-6,15-16,18-24H2,1-3H3,(H,40,46). The Hall–Kier alpha value is -4.71. The van der Waals surface area contributed by atoms with Gasteiger partial charge in [-0.15, -0.1) is 0 Å². The number of ether oxygens (including phenoxy) is 2. The molecule has 1 unspecified atom stereocenters. The molecule has 0 saturated carbocycles. The van der Waals surface area contributed by atoms with E-state index in [4.69, 9.17) is 9.47 Å². The van der Waals surface area contributed by atoms with Gasteiger partial charge in [-0.05, 0) is 95.2 Å². The molecule has 0 spiro atoms. The number of nitrogens with zero attached hydrogens (tertiary/aromatic N) is 6. The van der Waals surface area contributed by atoms with Crippen LogP contribution in [0.2, 0.25) is 0 Å². The lowest BCUT2D eigenvalue weighted by atomic mass is 9.83. The summed E-state index contributed by atoms with van der Waals surface area (Å²) in [6, 6.07) is 15.6. The first-order valence-electron chi connectivity index (χ1n) is 17.7. The van der Waals surface area contributed by atoms with Gasteiger partial charge in [-0.1, -0.05) is 19.1 Å². The molecule has 0 bridgehead atoms. The summed E-state index contributed by atoms with van der Waals surface area (Å²) in [5, 5.41) is 12.9. The van der Waals surface area contributed by atoms with E-state index >= 15 is 4.79 Å². The number of urea groups is 1. The van der Waals surface area contributed by atoms with Crippen molar-refractivity contribution >= 4 is 27.6 Å². The minimum absolute atomic E-state index is 0.00358. The normalized spacial score (nSPS) is 20.2. The summed E-state index contributed by atoms with van der Waals surface area (Å²) >= 11 is 0. The molecule has 1 atom stereocenters. The van der Waals surface area contributed by atoms with Crippen molar-refractivity contribution < 1.29 is 27.5 Å². The van der Waals surface area contributed by atoms with E-state index in [0.717, 1.165) is 38.9 Å². The highest BCUT2D eigenvalue weighted by Crippen LogP contribution is 2.49. The number of likely N-dealkylation sites (tertiary alicyclic amines) is 1. The summed E-state index contributed by atoms with van der Waals surface area (Å²) in [6.45, 7) is 11.5. The number of amides is 3. The fraction of sp³-hybridized carbons (Fsp3) is 0.459. The van der Waals surface area contributed by atoms with Gasteiger partial charge in [0.1, 0.15) is 10.6 Å². The summed E-state index contributed by atoms with van der Waals surface area (Å²) in [5.41, 5.74) is -1.68. The second kappa shape index (κ2) is 15.3. The fourth-order valence-corrected chi connectivity index (χ4v) is 9.07. The van der Waals surface area contributed by atoms with E-state index in [2.05, 4.69) is 33.1 Å². The van der Waals surface area contributed by atoms with Crippen LogP contribution < -0.4 is 19.1 Å². The Morgan fingerprint density at radius 1 is 0.961 bits per heavy atom. The molecular weight excluding hydrogens is 671 g/mol. The molecule has 0 radical (unpaired) electrons. The number of hydrogen-bond acceptors (Lipinski definition) is 10. The number of anilines is 1. The first kappa shape index (κ1) is 36.1. The quantitative estimate of drug-likeness (QED) is 0.310. The van der Waals surface area contributed by atoms with E-state index in [1.807, 2.05) is 0 Å². The smallest absolute Gasteiger partial charge is 0.318 e. The van der Waals surface area contributed by atoms with Crippen molar-refractivity contribution in [1.82, 2.24) is 25.0 Å². The van der Waals surface area contributed by atoms with Gasteiger partial charge in [0, 0.05) is 44.0 Å². The number of carbonyl (C=O) groups excluding carboxylic acids is 2. The van der Waals surface area contributed by atoms with Crippen LogP contribution in [0.4, 0.5) is 10.5 Å². The Balaban J connectivity index is 1.40. The average molecular weight is 716 g/mol. The molecule has 270 valence electrons. The van der Waals surface area contributed by atoms with Gasteiger partial charge >= 0.3 is 6.03 Å². The molecule has 51 heavy (non-hydrogen) atoms. The van der Waals surface area contributed by atoms with Gasteiger partial charge in [0.05, 0.1) is 36.1 Å². The number of fused-ring (bicyclic) bond motifs is 1. The molecule has 1 N–H and O–H groups in total. The number of nitrogens with one attached hydrogen (secondary N) is 1. The van der Waals surface area contributed by atoms with Crippen LogP contribution >= 0.6 is 0 Å². The maximum absolute atomic E-state index is 15.2. The van der Waals surface area contributed by atoms with Gasteiger partial charge in [0.15, 0.2) is 5.54 Å². The van der Waals surface area contributed by atoms with Crippen LogP contribution in [0.3, 0.4) is 0 Å². The SMILES string of the molecule is CCCN1CCC(N2CCN(C(=O)NC3(c4cccnc4OCC)C(=O)N(S(=O)(=O)c4ccccc4OCC)c4ccc(C#N)cc43)CC2)CC1. The van der Waals surface area contributed by atoms with E-state index in [-0.39, 0.29) is 52.1 Å². The van der Waals surface area contributed by atoms with Crippen molar-refractivity contribution in [3.63, 3.8) is 0 Å². The highest BCUT2D eigenvalue weighted by atomic mass is 32.2. The summed E-state index contributed by atoms with van der Waals surface area (Å²) in [5.74, 6) is -0.830. The lowest BCUT2D eigenvalue weighted by Crippen LogP contribution is -2.61. The van der Waals surface area contributed by atoms with Crippen molar-refractivity contribution in [2.45, 2.75) is 56.5 Å². The van der Waals surface area contributed by atoms with E-state index in [1.165, 1.54) is 36.5 Å². The van der Waals surface area contributed by atoms with Gasteiger partial charge in [0.25, 0.3) is 15.9 Å². The molecule has 3 aliphatic rings. The molecule has 14 heteroatoms. The van der Waals surface area contributed by atoms with Crippen molar-refractivity contribution in [3.05, 3.63) is 77.5 Å². The van der Waals surface area contributed by atoms with E-state index in [0.29, 0.717) is 36.5 Å². The van der Waals surface area contributed by atoms with Crippen molar-refractivity contribution in [3.8, 4) is 17.7 Å². The van der Waals surface area contributed by atoms with Crippen molar-refractivity contribution in [2.75, 3.05) is 63.3 Å². The predicted octanol–water partition coefficient (Wildman–Crippen LogP) is 3.93. The monoisotopic (exact) mass is 715 g/mol. The Kier molecular flexibility index (Phi) is 10.8. The molecule has 3 aromatic rings. The van der Waals surface area contributed by atoms with Crippen LogP contribution in [0.5, 0.6) is 11.6 Å². The number of pyridine rings is 1. The third-order valence-electron chi connectivity index (χ3n) is 9.89. The summed E-state index contributed by atoms with van der Waals surface area (Å²) < 4.78 is 41.5. The van der Waals surface area contributed by atoms with Gasteiger partial charge in [0.2, 0.25) is 5.88 Å². The molecule has 1 aromatic heterocycles. The number of carbonyl (C=O) groups is 2. The highest BCUT2D eigenvalue weighted by Gasteiger charge is 2.59. The first-order valence-corrected chi connectivity index (χ1v) is 19.1. The average Bonchev–Trinajstić information content (AvgIpc) is 3.40. The third kappa shape index (κ3) is 6.73. The maximum atomic E-state index is 15.2. The predicted molar refractivity (Wildman–Crippen MR) is 191 cm³/mol. The lowest BCUT2D eigenvalue weighted by molar-refractivity contribution is -0.121. The Morgan fingerprint density at radius 3 is 2.37 bits per heavy atom. The van der Waals surface area contributed by atoms with Gasteiger partial charge in [-0.3, -0.25) is 9.69 Å². The van der Waals surface area contributed by atoms with Crippen LogP contribution in [-0.4, -0.2) is 105 Å². The minimum atomic E-state index is -4.63. The van der Waals surface area contributed by atoms with Crippen molar-refractivity contribution in [2.24, 2.45) is 0 Å². The summed E-state index contributed by atoms with van der Waals surface area (Å²) in [7, 11) is -4.63. The Labute approximate surface area is 299 Å². The van der Waals surface area contributed by atoms with Crippen LogP contribution in [-0.2, 0) is 20.4 Å². The molecule has 0 aliphatic carbocycles. The molecular formula is C37H45N7O6S. The van der Waals surface area contributed by atoms with Gasteiger partial charge in [-0.25, -0.2) is 18.2 Å². The van der Waals surface area contributed by atoms with E-state index in [9.17, 15) is 18.5 Å². The maximum Gasteiger partial charge on any atom is 0.318 e. The Bertz CT molecular complexity index is 1900. The number of hydrogen-bond donors (Lipinski definition) is 1. The summed E-state index contributed by atoms with van der Waals surface area (Å²) in [4.78, 5) is 40.3. The van der Waals surface area contributed by atoms with Gasteiger partial charge < -0.3 is 24.6 Å². The van der Waals surface area contributed by atoms with Crippen molar-refractivity contribution in [1.29, 1.82) is 5.26 Å². The number of para-hydroxylation sites is 1. The number of rotatable bonds is 11. The molecule has 2 aromatic carbocycles. The number of sulfonamides is 1. The zero-order chi connectivity index (χ0) is 36.2. The van der Waals surface area contributed by atoms with Crippen LogP contribution in [0.25, 0.3) is 0 Å². The number of nitriles is 1.